The second kappa shape index (κ2) is 14.1. The van der Waals surface area contributed by atoms with E-state index in [1.807, 2.05) is 30.3 Å². The van der Waals surface area contributed by atoms with Crippen LogP contribution in [0.3, 0.4) is 0 Å². The average molecular weight is 627 g/mol. The zero-order chi connectivity index (χ0) is 29.4. The second-order valence-corrected chi connectivity index (χ2v) is 12.1. The average Bonchev–Trinajstić information content (AvgIpc) is 2.91. The lowest BCUT2D eigenvalue weighted by Crippen LogP contribution is -2.53. The van der Waals surface area contributed by atoms with Crippen LogP contribution < -0.4 is 14.4 Å². The van der Waals surface area contributed by atoms with E-state index in [0.29, 0.717) is 17.1 Å². The van der Waals surface area contributed by atoms with Gasteiger partial charge in [-0.2, -0.15) is 0 Å². The van der Waals surface area contributed by atoms with Crippen LogP contribution in [-0.4, -0.2) is 57.6 Å². The smallest absolute Gasteiger partial charge is 0.244 e. The molecule has 3 aromatic carbocycles. The van der Waals surface area contributed by atoms with Crippen LogP contribution in [0, 0.1) is 0 Å². The Hall–Kier alpha value is -2.98. The summed E-state index contributed by atoms with van der Waals surface area (Å²) >= 11 is 18.5. The van der Waals surface area contributed by atoms with Gasteiger partial charge >= 0.3 is 0 Å². The molecule has 0 spiro atoms. The Morgan fingerprint density at radius 1 is 0.950 bits per heavy atom. The van der Waals surface area contributed by atoms with Crippen LogP contribution in [0.1, 0.15) is 18.1 Å². The summed E-state index contributed by atoms with van der Waals surface area (Å²) in [6.07, 6.45) is 1.17. The lowest BCUT2D eigenvalue weighted by molar-refractivity contribution is -0.140. The number of nitrogens with zero attached hydrogens (tertiary/aromatic N) is 2. The molecule has 8 nitrogen and oxygen atoms in total. The Morgan fingerprint density at radius 3 is 2.25 bits per heavy atom. The molecule has 0 aliphatic heterocycles. The van der Waals surface area contributed by atoms with Crippen molar-refractivity contribution in [2.45, 2.75) is 25.9 Å². The fourth-order valence-corrected chi connectivity index (χ4v) is 5.47. The maximum Gasteiger partial charge on any atom is 0.244 e. The lowest BCUT2D eigenvalue weighted by atomic mass is 10.0. The third-order valence-corrected chi connectivity index (χ3v) is 8.15. The van der Waals surface area contributed by atoms with Gasteiger partial charge in [-0.25, -0.2) is 8.42 Å². The van der Waals surface area contributed by atoms with Crippen LogP contribution in [0.4, 0.5) is 5.69 Å². The fourth-order valence-electron chi connectivity index (χ4n) is 4.13. The van der Waals surface area contributed by atoms with Gasteiger partial charge in [-0.05, 0) is 48.4 Å². The number of amides is 2. The Morgan fingerprint density at radius 2 is 1.65 bits per heavy atom. The Kier molecular flexibility index (Phi) is 11.1. The second-order valence-electron chi connectivity index (χ2n) is 8.96. The van der Waals surface area contributed by atoms with Gasteiger partial charge in [-0.15, -0.1) is 0 Å². The molecule has 3 aromatic rings. The molecule has 0 radical (unpaired) electrons. The molecular formula is C28H30Cl3N3O5S. The van der Waals surface area contributed by atoms with Crippen molar-refractivity contribution in [2.75, 3.05) is 30.8 Å². The van der Waals surface area contributed by atoms with E-state index in [1.165, 1.54) is 24.1 Å². The Bertz CT molecular complexity index is 1450. The van der Waals surface area contributed by atoms with Gasteiger partial charge in [0.2, 0.25) is 21.8 Å². The van der Waals surface area contributed by atoms with Crippen LogP contribution in [0.25, 0.3) is 0 Å². The van der Waals surface area contributed by atoms with Crippen molar-refractivity contribution in [1.82, 2.24) is 10.2 Å². The van der Waals surface area contributed by atoms with Gasteiger partial charge in [-0.1, -0.05) is 71.2 Å². The third-order valence-electron chi connectivity index (χ3n) is 6.05. The highest BCUT2D eigenvalue weighted by Crippen LogP contribution is 2.33. The van der Waals surface area contributed by atoms with Gasteiger partial charge in [0, 0.05) is 24.5 Å². The highest BCUT2D eigenvalue weighted by Gasteiger charge is 2.33. The fraction of sp³-hybridized carbons (Fsp3) is 0.286. The van der Waals surface area contributed by atoms with Gasteiger partial charge in [-0.3, -0.25) is 13.9 Å². The van der Waals surface area contributed by atoms with E-state index in [4.69, 9.17) is 39.5 Å². The molecule has 1 N–H and O–H groups in total. The van der Waals surface area contributed by atoms with E-state index in [9.17, 15) is 18.0 Å². The molecule has 0 heterocycles. The molecule has 0 unspecified atom stereocenters. The van der Waals surface area contributed by atoms with Crippen molar-refractivity contribution in [3.8, 4) is 5.75 Å². The number of likely N-dealkylation sites (N-methyl/N-ethyl adjacent to an activating group) is 1. The van der Waals surface area contributed by atoms with Gasteiger partial charge < -0.3 is 15.0 Å². The van der Waals surface area contributed by atoms with Gasteiger partial charge in [0.1, 0.15) is 18.3 Å². The summed E-state index contributed by atoms with van der Waals surface area (Å²) in [5.74, 6) is -0.792. The van der Waals surface area contributed by atoms with Crippen LogP contribution in [-0.2, 0) is 32.6 Å². The molecule has 12 heteroatoms. The largest absolute Gasteiger partial charge is 0.495 e. The van der Waals surface area contributed by atoms with E-state index in [1.54, 1.807) is 31.2 Å². The highest BCUT2D eigenvalue weighted by molar-refractivity contribution is 7.92. The van der Waals surface area contributed by atoms with Crippen molar-refractivity contribution >= 4 is 62.3 Å². The summed E-state index contributed by atoms with van der Waals surface area (Å²) in [6, 6.07) is 17.6. The molecule has 0 aromatic heterocycles. The minimum absolute atomic E-state index is 0.0331. The summed E-state index contributed by atoms with van der Waals surface area (Å²) < 4.78 is 32.2. The number of halogens is 3. The number of benzene rings is 3. The van der Waals surface area contributed by atoms with Crippen molar-refractivity contribution in [1.29, 1.82) is 0 Å². The first kappa shape index (κ1) is 31.5. The van der Waals surface area contributed by atoms with E-state index in [0.717, 1.165) is 16.1 Å². The van der Waals surface area contributed by atoms with E-state index < -0.39 is 28.5 Å². The lowest BCUT2D eigenvalue weighted by Gasteiger charge is -2.33. The number of ether oxygens (including phenoxy) is 1. The SMILES string of the molecule is CCNC(=O)[C@@H](Cc1ccccc1)N(Cc1ccc(Cl)c(Cl)c1)C(=O)CN(c1cc(Cl)ccc1OC)S(C)(=O)=O. The number of carbonyl (C=O) groups excluding carboxylic acids is 2. The first-order chi connectivity index (χ1) is 18.9. The van der Waals surface area contributed by atoms with Crippen LogP contribution in [0.15, 0.2) is 66.7 Å². The number of hydrogen-bond acceptors (Lipinski definition) is 5. The Labute approximate surface area is 249 Å². The summed E-state index contributed by atoms with van der Waals surface area (Å²) in [5, 5.41) is 3.68. The maximum absolute atomic E-state index is 14.1. The topological polar surface area (TPSA) is 96.0 Å². The number of carbonyl (C=O) groups is 2. The van der Waals surface area contributed by atoms with Crippen molar-refractivity contribution in [3.05, 3.63) is 92.9 Å². The number of sulfonamides is 1. The van der Waals surface area contributed by atoms with Gasteiger partial charge in [0.05, 0.1) is 29.1 Å². The van der Waals surface area contributed by atoms with E-state index in [-0.39, 0.29) is 40.4 Å². The monoisotopic (exact) mass is 625 g/mol. The highest BCUT2D eigenvalue weighted by atomic mass is 35.5. The minimum atomic E-state index is -3.99. The van der Waals surface area contributed by atoms with Crippen LogP contribution in [0.5, 0.6) is 5.75 Å². The number of rotatable bonds is 12. The normalized spacial score (nSPS) is 11.9. The predicted octanol–water partition coefficient (Wildman–Crippen LogP) is 5.20. The summed E-state index contributed by atoms with van der Waals surface area (Å²) in [7, 11) is -2.60. The molecule has 0 aliphatic rings. The van der Waals surface area contributed by atoms with Crippen molar-refractivity contribution < 1.29 is 22.7 Å². The Balaban J connectivity index is 2.10. The molecule has 214 valence electrons. The quantitative estimate of drug-likeness (QED) is 0.298. The van der Waals surface area contributed by atoms with Crippen molar-refractivity contribution in [3.63, 3.8) is 0 Å². The maximum atomic E-state index is 14.1. The summed E-state index contributed by atoms with van der Waals surface area (Å²) in [5.41, 5.74) is 1.52. The molecule has 2 amide bonds. The van der Waals surface area contributed by atoms with Gasteiger partial charge in [0.15, 0.2) is 0 Å². The van der Waals surface area contributed by atoms with Crippen LogP contribution in [0.2, 0.25) is 15.1 Å². The van der Waals surface area contributed by atoms with E-state index >= 15 is 0 Å². The molecule has 0 saturated heterocycles. The minimum Gasteiger partial charge on any atom is -0.495 e. The number of nitrogens with one attached hydrogen (secondary N) is 1. The molecule has 0 aliphatic carbocycles. The van der Waals surface area contributed by atoms with Crippen molar-refractivity contribution in [2.24, 2.45) is 0 Å². The summed E-state index contributed by atoms with van der Waals surface area (Å²) in [6.45, 7) is 1.48. The first-order valence-electron chi connectivity index (χ1n) is 12.3. The zero-order valence-electron chi connectivity index (χ0n) is 22.2. The molecule has 1 atom stereocenters. The van der Waals surface area contributed by atoms with Crippen LogP contribution >= 0.6 is 34.8 Å². The standard InChI is InChI=1S/C28H30Cl3N3O5S/c1-4-32-28(36)25(15-19-8-6-5-7-9-19)33(17-20-10-12-22(30)23(31)14-20)27(35)18-34(40(3,37)38)24-16-21(29)11-13-26(24)39-2/h5-14,16,25H,4,15,17-18H2,1-3H3,(H,32,36)/t25-/m1/s1. The molecule has 0 saturated carbocycles. The van der Waals surface area contributed by atoms with Gasteiger partial charge in [0.25, 0.3) is 0 Å². The summed E-state index contributed by atoms with van der Waals surface area (Å²) in [4.78, 5) is 28.8. The number of anilines is 1. The first-order valence-corrected chi connectivity index (χ1v) is 15.3. The molecule has 0 fully saturated rings. The number of hydrogen-bond donors (Lipinski definition) is 1. The predicted molar refractivity (Wildman–Crippen MR) is 160 cm³/mol. The third kappa shape index (κ3) is 8.27. The van der Waals surface area contributed by atoms with E-state index in [2.05, 4.69) is 5.32 Å². The molecular weight excluding hydrogens is 597 g/mol. The number of methoxy groups -OCH3 is 1. The zero-order valence-corrected chi connectivity index (χ0v) is 25.3. The molecule has 0 bridgehead atoms. The molecule has 40 heavy (non-hydrogen) atoms. The molecule has 3 rings (SSSR count).